The second-order valence-corrected chi connectivity index (χ2v) is 6.52. The summed E-state index contributed by atoms with van der Waals surface area (Å²) in [6, 6.07) is 15.0. The minimum Gasteiger partial charge on any atom is -0.325 e. The zero-order valence-electron chi connectivity index (χ0n) is 16.0. The molecule has 28 heavy (non-hydrogen) atoms. The number of likely N-dealkylation sites (N-methyl/N-ethyl adjacent to an activating group) is 1. The Morgan fingerprint density at radius 2 is 1.71 bits per heavy atom. The average Bonchev–Trinajstić information content (AvgIpc) is 2.65. The van der Waals surface area contributed by atoms with Crippen LogP contribution in [-0.2, 0) is 9.59 Å². The Kier molecular flexibility index (Phi) is 7.66. The molecule has 0 radical (unpaired) electrons. The topological polar surface area (TPSA) is 76.4 Å². The molecule has 2 aromatic carbocycles. The van der Waals surface area contributed by atoms with E-state index >= 15 is 0 Å². The molecule has 1 N–H and O–H groups in total. The SMILES string of the molecule is Cc1ccc(N(CCC#N)C(=O)CN(C)CC(=O)Nc2ccc(F)cc2)cc1. The predicted molar refractivity (Wildman–Crippen MR) is 106 cm³/mol. The fourth-order valence-electron chi connectivity index (χ4n) is 2.64. The van der Waals surface area contributed by atoms with E-state index in [1.807, 2.05) is 31.2 Å². The van der Waals surface area contributed by atoms with Crippen LogP contribution in [0.5, 0.6) is 0 Å². The van der Waals surface area contributed by atoms with Crippen LogP contribution in [0.3, 0.4) is 0 Å². The van der Waals surface area contributed by atoms with E-state index in [9.17, 15) is 14.0 Å². The maximum absolute atomic E-state index is 12.9. The number of rotatable bonds is 8. The fraction of sp³-hybridized carbons (Fsp3) is 0.286. The monoisotopic (exact) mass is 382 g/mol. The normalized spacial score (nSPS) is 10.4. The number of halogens is 1. The van der Waals surface area contributed by atoms with Crippen LogP contribution in [0.2, 0.25) is 0 Å². The zero-order chi connectivity index (χ0) is 20.5. The molecule has 0 aliphatic carbocycles. The number of hydrogen-bond acceptors (Lipinski definition) is 4. The Hall–Kier alpha value is -3.24. The molecular formula is C21H23FN4O2. The van der Waals surface area contributed by atoms with Crippen LogP contribution < -0.4 is 10.2 Å². The van der Waals surface area contributed by atoms with E-state index in [1.165, 1.54) is 24.3 Å². The molecule has 2 amide bonds. The molecule has 7 heteroatoms. The lowest BCUT2D eigenvalue weighted by molar-refractivity contribution is -0.121. The lowest BCUT2D eigenvalue weighted by Gasteiger charge is -2.25. The standard InChI is InChI=1S/C21H23FN4O2/c1-16-4-10-19(11-5-16)26(13-3-12-23)21(28)15-25(2)14-20(27)24-18-8-6-17(22)7-9-18/h4-11H,3,13-15H2,1-2H3,(H,24,27). The summed E-state index contributed by atoms with van der Waals surface area (Å²) in [6.45, 7) is 2.27. The van der Waals surface area contributed by atoms with Crippen molar-refractivity contribution in [2.24, 2.45) is 0 Å². The summed E-state index contributed by atoms with van der Waals surface area (Å²) in [5.74, 6) is -0.883. The first-order valence-electron chi connectivity index (χ1n) is 8.87. The quantitative estimate of drug-likeness (QED) is 0.762. The summed E-state index contributed by atoms with van der Waals surface area (Å²) >= 11 is 0. The molecule has 0 aliphatic rings. The lowest BCUT2D eigenvalue weighted by Crippen LogP contribution is -2.42. The average molecular weight is 382 g/mol. The molecule has 146 valence electrons. The number of benzene rings is 2. The third kappa shape index (κ3) is 6.49. The molecule has 6 nitrogen and oxygen atoms in total. The van der Waals surface area contributed by atoms with Gasteiger partial charge in [0, 0.05) is 17.9 Å². The van der Waals surface area contributed by atoms with Gasteiger partial charge in [0.05, 0.1) is 25.6 Å². The first kappa shape index (κ1) is 21.1. The van der Waals surface area contributed by atoms with Crippen molar-refractivity contribution in [3.63, 3.8) is 0 Å². The first-order valence-corrected chi connectivity index (χ1v) is 8.87. The van der Waals surface area contributed by atoms with Gasteiger partial charge in [-0.05, 0) is 50.4 Å². The van der Waals surface area contributed by atoms with Gasteiger partial charge in [-0.2, -0.15) is 5.26 Å². The number of hydrogen-bond donors (Lipinski definition) is 1. The maximum atomic E-state index is 12.9. The molecule has 0 unspecified atom stereocenters. The van der Waals surface area contributed by atoms with E-state index in [-0.39, 0.29) is 43.7 Å². The summed E-state index contributed by atoms with van der Waals surface area (Å²) in [5, 5.41) is 11.5. The molecule has 0 spiro atoms. The largest absolute Gasteiger partial charge is 0.325 e. The van der Waals surface area contributed by atoms with Crippen molar-refractivity contribution in [2.75, 3.05) is 36.9 Å². The van der Waals surface area contributed by atoms with Gasteiger partial charge in [0.25, 0.3) is 0 Å². The third-order valence-corrected chi connectivity index (χ3v) is 4.04. The smallest absolute Gasteiger partial charge is 0.241 e. The predicted octanol–water partition coefficient (Wildman–Crippen LogP) is 2.95. The van der Waals surface area contributed by atoms with Crippen LogP contribution in [0.15, 0.2) is 48.5 Å². The van der Waals surface area contributed by atoms with Gasteiger partial charge in [-0.25, -0.2) is 4.39 Å². The first-order chi connectivity index (χ1) is 13.4. The summed E-state index contributed by atoms with van der Waals surface area (Å²) in [5.41, 5.74) is 2.28. The van der Waals surface area contributed by atoms with Crippen molar-refractivity contribution < 1.29 is 14.0 Å². The molecule has 2 rings (SSSR count). The summed E-state index contributed by atoms with van der Waals surface area (Å²) in [4.78, 5) is 28.0. The highest BCUT2D eigenvalue weighted by atomic mass is 19.1. The van der Waals surface area contributed by atoms with Crippen LogP contribution in [0.1, 0.15) is 12.0 Å². The number of nitrogens with one attached hydrogen (secondary N) is 1. The van der Waals surface area contributed by atoms with Crippen molar-refractivity contribution in [3.05, 3.63) is 59.9 Å². The van der Waals surface area contributed by atoms with Crippen molar-refractivity contribution in [3.8, 4) is 6.07 Å². The third-order valence-electron chi connectivity index (χ3n) is 4.04. The minimum atomic E-state index is -0.380. The van der Waals surface area contributed by atoms with Gasteiger partial charge < -0.3 is 10.2 Å². The Morgan fingerprint density at radius 3 is 2.32 bits per heavy atom. The van der Waals surface area contributed by atoms with Gasteiger partial charge in [-0.3, -0.25) is 14.5 Å². The van der Waals surface area contributed by atoms with Crippen LogP contribution >= 0.6 is 0 Å². The lowest BCUT2D eigenvalue weighted by atomic mass is 10.2. The number of amides is 2. The number of carbonyl (C=O) groups is 2. The van der Waals surface area contributed by atoms with Gasteiger partial charge in [0.1, 0.15) is 5.82 Å². The molecule has 0 aromatic heterocycles. The molecule has 0 atom stereocenters. The second kappa shape index (κ2) is 10.2. The minimum absolute atomic E-state index is 0.00308. The van der Waals surface area contributed by atoms with E-state index < -0.39 is 0 Å². The van der Waals surface area contributed by atoms with Crippen LogP contribution in [0.25, 0.3) is 0 Å². The van der Waals surface area contributed by atoms with Crippen LogP contribution in [-0.4, -0.2) is 43.4 Å². The number of aryl methyl sites for hydroxylation is 1. The molecule has 0 saturated carbocycles. The van der Waals surface area contributed by atoms with Gasteiger partial charge in [0.15, 0.2) is 0 Å². The second-order valence-electron chi connectivity index (χ2n) is 6.52. The van der Waals surface area contributed by atoms with E-state index in [2.05, 4.69) is 11.4 Å². The van der Waals surface area contributed by atoms with Crippen molar-refractivity contribution in [1.29, 1.82) is 5.26 Å². The molecule has 2 aromatic rings. The van der Waals surface area contributed by atoms with Gasteiger partial charge in [-0.1, -0.05) is 17.7 Å². The van der Waals surface area contributed by atoms with E-state index in [4.69, 9.17) is 5.26 Å². The number of carbonyl (C=O) groups excluding carboxylic acids is 2. The summed E-state index contributed by atoms with van der Waals surface area (Å²) in [7, 11) is 1.67. The molecule has 0 fully saturated rings. The Labute approximate surface area is 164 Å². The van der Waals surface area contributed by atoms with Gasteiger partial charge in [-0.15, -0.1) is 0 Å². The molecule has 0 heterocycles. The number of nitrogens with zero attached hydrogens (tertiary/aromatic N) is 3. The Bertz CT molecular complexity index is 844. The maximum Gasteiger partial charge on any atom is 0.241 e. The number of nitriles is 1. The highest BCUT2D eigenvalue weighted by Gasteiger charge is 2.18. The van der Waals surface area contributed by atoms with Crippen molar-refractivity contribution in [2.45, 2.75) is 13.3 Å². The summed E-state index contributed by atoms with van der Waals surface area (Å²) < 4.78 is 12.9. The summed E-state index contributed by atoms with van der Waals surface area (Å²) in [6.07, 6.45) is 0.217. The number of anilines is 2. The van der Waals surface area contributed by atoms with Crippen LogP contribution in [0, 0.1) is 24.1 Å². The van der Waals surface area contributed by atoms with E-state index in [0.29, 0.717) is 5.69 Å². The molecule has 0 aliphatic heterocycles. The molecule has 0 bridgehead atoms. The van der Waals surface area contributed by atoms with E-state index in [1.54, 1.807) is 16.8 Å². The van der Waals surface area contributed by atoms with Crippen LogP contribution in [0.4, 0.5) is 15.8 Å². The highest BCUT2D eigenvalue weighted by molar-refractivity contribution is 5.96. The van der Waals surface area contributed by atoms with Crippen molar-refractivity contribution in [1.82, 2.24) is 4.90 Å². The molecular weight excluding hydrogens is 359 g/mol. The van der Waals surface area contributed by atoms with E-state index in [0.717, 1.165) is 11.3 Å². The molecule has 0 saturated heterocycles. The van der Waals surface area contributed by atoms with Gasteiger partial charge in [0.2, 0.25) is 11.8 Å². The Morgan fingerprint density at radius 1 is 1.07 bits per heavy atom. The highest BCUT2D eigenvalue weighted by Crippen LogP contribution is 2.16. The Balaban J connectivity index is 1.95. The van der Waals surface area contributed by atoms with Crippen molar-refractivity contribution >= 4 is 23.2 Å². The van der Waals surface area contributed by atoms with Gasteiger partial charge >= 0.3 is 0 Å². The fourth-order valence-corrected chi connectivity index (χ4v) is 2.64. The zero-order valence-corrected chi connectivity index (χ0v) is 16.0.